The lowest BCUT2D eigenvalue weighted by atomic mass is 9.92. The normalized spacial score (nSPS) is 14.6. The van der Waals surface area contributed by atoms with Crippen molar-refractivity contribution in [1.29, 1.82) is 0 Å². The average Bonchev–Trinajstić information content (AvgIpc) is 3.18. The highest BCUT2D eigenvalue weighted by atomic mass is 16.6. The number of benzene rings is 1. The molecule has 2 aromatic rings. The Labute approximate surface area is 296 Å². The van der Waals surface area contributed by atoms with E-state index in [4.69, 9.17) is 9.72 Å². The zero-order valence-electron chi connectivity index (χ0n) is 32.7. The van der Waals surface area contributed by atoms with Crippen LogP contribution in [0.4, 0.5) is 16.2 Å². The maximum absolute atomic E-state index is 12.8. The van der Waals surface area contributed by atoms with E-state index < -0.39 is 11.7 Å². The summed E-state index contributed by atoms with van der Waals surface area (Å²) >= 11 is 0. The Hall–Kier alpha value is -3.79. The first-order valence-corrected chi connectivity index (χ1v) is 17.7. The van der Waals surface area contributed by atoms with E-state index in [1.54, 1.807) is 20.8 Å². The highest BCUT2D eigenvalue weighted by Gasteiger charge is 2.28. The van der Waals surface area contributed by atoms with E-state index >= 15 is 0 Å². The zero-order chi connectivity index (χ0) is 37.7. The molecule has 0 radical (unpaired) electrons. The van der Waals surface area contributed by atoms with Gasteiger partial charge in [-0.2, -0.15) is 0 Å². The van der Waals surface area contributed by atoms with Crippen LogP contribution in [0.3, 0.4) is 0 Å². The van der Waals surface area contributed by atoms with Crippen molar-refractivity contribution in [1.82, 2.24) is 15.6 Å². The third kappa shape index (κ3) is 17.4. The van der Waals surface area contributed by atoms with Crippen molar-refractivity contribution in [3.8, 4) is 0 Å². The van der Waals surface area contributed by atoms with Gasteiger partial charge in [0.2, 0.25) is 11.8 Å². The van der Waals surface area contributed by atoms with Gasteiger partial charge in [0.1, 0.15) is 5.60 Å². The van der Waals surface area contributed by atoms with Crippen LogP contribution in [0.5, 0.6) is 0 Å². The number of aromatic nitrogens is 1. The molecule has 1 aromatic carbocycles. The van der Waals surface area contributed by atoms with Crippen LogP contribution in [0.25, 0.3) is 0 Å². The second-order valence-electron chi connectivity index (χ2n) is 13.3. The number of imide groups is 1. The lowest BCUT2D eigenvalue weighted by molar-refractivity contribution is -0.125. The van der Waals surface area contributed by atoms with Gasteiger partial charge in [-0.15, -0.1) is 0 Å². The van der Waals surface area contributed by atoms with Gasteiger partial charge in [0.15, 0.2) is 5.78 Å². The van der Waals surface area contributed by atoms with Gasteiger partial charge in [-0.1, -0.05) is 53.2 Å². The summed E-state index contributed by atoms with van der Waals surface area (Å²) in [6.07, 6.45) is 6.43. The van der Waals surface area contributed by atoms with Crippen LogP contribution in [-0.4, -0.2) is 68.5 Å². The summed E-state index contributed by atoms with van der Waals surface area (Å²) in [7, 11) is 5.97. The van der Waals surface area contributed by atoms with E-state index in [-0.39, 0.29) is 30.1 Å². The molecule has 0 spiro atoms. The van der Waals surface area contributed by atoms with Crippen LogP contribution in [-0.2, 0) is 25.5 Å². The largest absolute Gasteiger partial charge is 0.443 e. The Morgan fingerprint density at radius 3 is 2.22 bits per heavy atom. The summed E-state index contributed by atoms with van der Waals surface area (Å²) in [6, 6.07) is 10.2. The molecule has 1 aliphatic heterocycles. The van der Waals surface area contributed by atoms with Crippen molar-refractivity contribution in [2.24, 2.45) is 5.92 Å². The molecule has 2 atom stereocenters. The van der Waals surface area contributed by atoms with Gasteiger partial charge in [0, 0.05) is 45.0 Å². The topological polar surface area (TPSA) is 121 Å². The summed E-state index contributed by atoms with van der Waals surface area (Å²) < 4.78 is 5.48. The molecule has 1 fully saturated rings. The number of aryl methyl sites for hydroxylation is 2. The standard InChI is InChI=1S/C27H40N4O3.C7H11NO2.C3H8.C2H6/c1-19-9-10-21(17-25(19)31(20(2)32)26(33)34-27(3,4)5)11-12-22(15-16-28-6)24-14-13-23(18-29-24)30(7)8;1-5-2-3-6(9)4-8-7(5)10;1-3-2;1-2/h9-10,13-14,17-18,22,28H,11-12,15-16H2,1-8H3;5H,2-4H2,1H3,(H,8,10);3H2,1-2H3;1-2H3. The summed E-state index contributed by atoms with van der Waals surface area (Å²) in [5.74, 6) is 0.0739. The molecule has 1 aliphatic rings. The summed E-state index contributed by atoms with van der Waals surface area (Å²) in [4.78, 5) is 54.7. The fraction of sp³-hybridized carbons (Fsp3) is 0.615. The highest BCUT2D eigenvalue weighted by molar-refractivity contribution is 6.12. The van der Waals surface area contributed by atoms with Crippen LogP contribution in [0.1, 0.15) is 117 Å². The van der Waals surface area contributed by atoms with E-state index in [1.165, 1.54) is 13.3 Å². The monoisotopic (exact) mass is 683 g/mol. The van der Waals surface area contributed by atoms with E-state index in [1.807, 2.05) is 72.1 Å². The van der Waals surface area contributed by atoms with Crippen LogP contribution >= 0.6 is 0 Å². The van der Waals surface area contributed by atoms with E-state index in [2.05, 4.69) is 42.7 Å². The minimum absolute atomic E-state index is 0.00542. The van der Waals surface area contributed by atoms with Crippen molar-refractivity contribution >= 4 is 35.1 Å². The van der Waals surface area contributed by atoms with E-state index in [9.17, 15) is 19.2 Å². The number of hydrogen-bond acceptors (Lipinski definition) is 8. The number of ketones is 1. The SMILES string of the molecule is CC.CC1CCC(=O)CNC1=O.CCC.CNCCC(CCc1ccc(C)c(N(C(C)=O)C(=O)OC(C)(C)C)c1)c1ccc(N(C)C)cn1. The zero-order valence-corrected chi connectivity index (χ0v) is 32.7. The molecule has 0 aliphatic carbocycles. The number of Topliss-reactive ketones (excluding diaryl/α,β-unsaturated/α-hetero) is 1. The predicted octanol–water partition coefficient (Wildman–Crippen LogP) is 7.61. The molecule has 1 saturated heterocycles. The number of amides is 3. The minimum atomic E-state index is -0.689. The van der Waals surface area contributed by atoms with Crippen LogP contribution in [0, 0.1) is 12.8 Å². The first-order chi connectivity index (χ1) is 23.0. The maximum atomic E-state index is 12.8. The molecule has 0 saturated carbocycles. The Kier molecular flexibility index (Phi) is 21.7. The van der Waals surface area contributed by atoms with Crippen molar-refractivity contribution in [3.63, 3.8) is 0 Å². The number of nitrogens with one attached hydrogen (secondary N) is 2. The van der Waals surface area contributed by atoms with E-state index in [0.29, 0.717) is 24.4 Å². The van der Waals surface area contributed by atoms with Gasteiger partial charge < -0.3 is 20.3 Å². The van der Waals surface area contributed by atoms with Gasteiger partial charge >= 0.3 is 6.09 Å². The molecule has 2 heterocycles. The molecular formula is C39H65N5O5. The number of nitrogens with zero attached hydrogens (tertiary/aromatic N) is 3. The van der Waals surface area contributed by atoms with Gasteiger partial charge in [0.25, 0.3) is 0 Å². The molecule has 10 heteroatoms. The molecule has 10 nitrogen and oxygen atoms in total. The Morgan fingerprint density at radius 1 is 1.08 bits per heavy atom. The van der Waals surface area contributed by atoms with Crippen LogP contribution in [0.15, 0.2) is 36.5 Å². The lowest BCUT2D eigenvalue weighted by Gasteiger charge is -2.26. The number of hydrogen-bond donors (Lipinski definition) is 2. The highest BCUT2D eigenvalue weighted by Crippen LogP contribution is 2.28. The number of ether oxygens (including phenoxy) is 1. The first kappa shape index (κ1) is 45.2. The van der Waals surface area contributed by atoms with Crippen molar-refractivity contribution in [2.45, 2.75) is 119 Å². The molecule has 3 rings (SSSR count). The van der Waals surface area contributed by atoms with Gasteiger partial charge in [-0.05, 0) is 96.3 Å². The molecule has 2 N–H and O–H groups in total. The maximum Gasteiger partial charge on any atom is 0.421 e. The molecule has 3 amide bonds. The van der Waals surface area contributed by atoms with Crippen LogP contribution in [0.2, 0.25) is 0 Å². The average molecular weight is 684 g/mol. The summed E-state index contributed by atoms with van der Waals surface area (Å²) in [6.45, 7) is 19.9. The van der Waals surface area contributed by atoms with Gasteiger partial charge in [-0.25, -0.2) is 9.69 Å². The second kappa shape index (κ2) is 23.5. The molecule has 1 aromatic heterocycles. The van der Waals surface area contributed by atoms with E-state index in [0.717, 1.165) is 53.2 Å². The smallest absolute Gasteiger partial charge is 0.421 e. The first-order valence-electron chi connectivity index (χ1n) is 17.7. The Balaban J connectivity index is 0.00000127. The fourth-order valence-electron chi connectivity index (χ4n) is 4.72. The Morgan fingerprint density at radius 2 is 1.71 bits per heavy atom. The third-order valence-electron chi connectivity index (χ3n) is 7.40. The molecule has 0 bridgehead atoms. The van der Waals surface area contributed by atoms with Crippen molar-refractivity contribution in [3.05, 3.63) is 53.3 Å². The number of pyridine rings is 1. The second-order valence-corrected chi connectivity index (χ2v) is 13.3. The molecule has 276 valence electrons. The summed E-state index contributed by atoms with van der Waals surface area (Å²) in [5.41, 5.74) is 3.94. The van der Waals surface area contributed by atoms with Crippen molar-refractivity contribution in [2.75, 3.05) is 44.0 Å². The number of carbonyl (C=O) groups excluding carboxylic acids is 4. The molecular weight excluding hydrogens is 618 g/mol. The quantitative estimate of drug-likeness (QED) is 0.277. The minimum Gasteiger partial charge on any atom is -0.443 e. The van der Waals surface area contributed by atoms with Gasteiger partial charge in [-0.3, -0.25) is 19.4 Å². The van der Waals surface area contributed by atoms with Gasteiger partial charge in [0.05, 0.1) is 24.1 Å². The number of anilines is 2. The lowest BCUT2D eigenvalue weighted by Crippen LogP contribution is -2.40. The molecule has 2 unspecified atom stereocenters. The van der Waals surface area contributed by atoms with Crippen LogP contribution < -0.4 is 20.4 Å². The Bertz CT molecular complexity index is 1290. The third-order valence-corrected chi connectivity index (χ3v) is 7.40. The number of carbonyl (C=O) groups is 4. The molecule has 49 heavy (non-hydrogen) atoms. The van der Waals surface area contributed by atoms with Crippen molar-refractivity contribution < 1.29 is 23.9 Å². The number of rotatable bonds is 9. The fourth-order valence-corrected chi connectivity index (χ4v) is 4.72. The summed E-state index contributed by atoms with van der Waals surface area (Å²) in [5, 5.41) is 5.79. The predicted molar refractivity (Wildman–Crippen MR) is 202 cm³/mol.